The van der Waals surface area contributed by atoms with Gasteiger partial charge in [0.25, 0.3) is 5.91 Å². The zero-order valence-corrected chi connectivity index (χ0v) is 14.2. The first kappa shape index (κ1) is 16.5. The average Bonchev–Trinajstić information content (AvgIpc) is 3.21. The van der Waals surface area contributed by atoms with Gasteiger partial charge in [-0.1, -0.05) is 11.3 Å². The van der Waals surface area contributed by atoms with Crippen molar-refractivity contribution in [2.24, 2.45) is 0 Å². The fraction of sp³-hybridized carbons (Fsp3) is 0.438. The van der Waals surface area contributed by atoms with E-state index in [0.29, 0.717) is 31.7 Å². The SMILES string of the molecule is Cc1csc(=O)n1CC(=O)NC1CCN(C(=O)c2ccco2)CC1. The van der Waals surface area contributed by atoms with Crippen molar-refractivity contribution < 1.29 is 14.0 Å². The third-order valence-corrected chi connectivity index (χ3v) is 5.04. The van der Waals surface area contributed by atoms with Crippen LogP contribution in [0.25, 0.3) is 0 Å². The van der Waals surface area contributed by atoms with E-state index in [0.717, 1.165) is 17.0 Å². The number of likely N-dealkylation sites (tertiary alicyclic amines) is 1. The van der Waals surface area contributed by atoms with E-state index >= 15 is 0 Å². The van der Waals surface area contributed by atoms with Crippen LogP contribution in [0.2, 0.25) is 0 Å². The summed E-state index contributed by atoms with van der Waals surface area (Å²) in [5.74, 6) is 0.0458. The fourth-order valence-electron chi connectivity index (χ4n) is 2.80. The number of aromatic nitrogens is 1. The first-order valence-electron chi connectivity index (χ1n) is 7.81. The van der Waals surface area contributed by atoms with Gasteiger partial charge in [0.15, 0.2) is 5.76 Å². The minimum Gasteiger partial charge on any atom is -0.459 e. The number of nitrogens with zero attached hydrogens (tertiary/aromatic N) is 2. The lowest BCUT2D eigenvalue weighted by atomic mass is 10.0. The maximum Gasteiger partial charge on any atom is 0.307 e. The Bertz CT molecular complexity index is 770. The van der Waals surface area contributed by atoms with Crippen molar-refractivity contribution in [3.8, 4) is 0 Å². The van der Waals surface area contributed by atoms with Gasteiger partial charge in [0.2, 0.25) is 5.91 Å². The number of piperidine rings is 1. The molecule has 0 unspecified atom stereocenters. The Kier molecular flexibility index (Phi) is 4.84. The highest BCUT2D eigenvalue weighted by Crippen LogP contribution is 2.14. The van der Waals surface area contributed by atoms with Crippen LogP contribution < -0.4 is 10.2 Å². The van der Waals surface area contributed by atoms with Gasteiger partial charge >= 0.3 is 4.87 Å². The van der Waals surface area contributed by atoms with Gasteiger partial charge in [-0.3, -0.25) is 19.0 Å². The molecule has 3 rings (SSSR count). The van der Waals surface area contributed by atoms with Crippen LogP contribution >= 0.6 is 11.3 Å². The third kappa shape index (κ3) is 3.59. The number of hydrogen-bond donors (Lipinski definition) is 1. The van der Waals surface area contributed by atoms with Gasteiger partial charge in [-0.15, -0.1) is 0 Å². The zero-order chi connectivity index (χ0) is 17.1. The maximum absolute atomic E-state index is 12.2. The topological polar surface area (TPSA) is 84.5 Å². The van der Waals surface area contributed by atoms with Crippen molar-refractivity contribution in [1.82, 2.24) is 14.8 Å². The van der Waals surface area contributed by atoms with Gasteiger partial charge in [0, 0.05) is 30.2 Å². The number of nitrogens with one attached hydrogen (secondary N) is 1. The summed E-state index contributed by atoms with van der Waals surface area (Å²) in [6.45, 7) is 2.99. The normalized spacial score (nSPS) is 15.5. The second kappa shape index (κ2) is 7.04. The molecule has 1 aliphatic heterocycles. The minimum atomic E-state index is -0.172. The van der Waals surface area contributed by atoms with E-state index in [1.165, 1.54) is 10.8 Å². The number of thiazole rings is 1. The highest BCUT2D eigenvalue weighted by molar-refractivity contribution is 7.07. The molecule has 0 aromatic carbocycles. The van der Waals surface area contributed by atoms with Gasteiger partial charge in [0.05, 0.1) is 6.26 Å². The van der Waals surface area contributed by atoms with Crippen molar-refractivity contribution in [3.63, 3.8) is 0 Å². The molecule has 24 heavy (non-hydrogen) atoms. The average molecular weight is 349 g/mol. The molecule has 7 nitrogen and oxygen atoms in total. The second-order valence-corrected chi connectivity index (χ2v) is 6.66. The summed E-state index contributed by atoms with van der Waals surface area (Å²) < 4.78 is 6.60. The summed E-state index contributed by atoms with van der Waals surface area (Å²) in [6, 6.07) is 3.36. The lowest BCUT2D eigenvalue weighted by Gasteiger charge is -2.31. The summed E-state index contributed by atoms with van der Waals surface area (Å²) in [5, 5.41) is 4.69. The van der Waals surface area contributed by atoms with E-state index in [9.17, 15) is 14.4 Å². The number of hydrogen-bond acceptors (Lipinski definition) is 5. The van der Waals surface area contributed by atoms with Gasteiger partial charge in [-0.2, -0.15) is 0 Å². The number of furan rings is 1. The standard InChI is InChI=1S/C16H19N3O4S/c1-11-10-24-16(22)19(11)9-14(20)17-12-4-6-18(7-5-12)15(21)13-3-2-8-23-13/h2-3,8,10,12H,4-7,9H2,1H3,(H,17,20). The maximum atomic E-state index is 12.2. The number of carbonyl (C=O) groups excluding carboxylic acids is 2. The molecule has 1 aliphatic rings. The van der Waals surface area contributed by atoms with Crippen molar-refractivity contribution in [3.05, 3.63) is 44.9 Å². The summed E-state index contributed by atoms with van der Waals surface area (Å²) in [6.07, 6.45) is 2.86. The molecule has 1 fully saturated rings. The Morgan fingerprint density at radius 2 is 2.12 bits per heavy atom. The summed E-state index contributed by atoms with van der Waals surface area (Å²) in [4.78, 5) is 37.6. The molecular weight excluding hydrogens is 330 g/mol. The molecule has 0 atom stereocenters. The predicted molar refractivity (Wildman–Crippen MR) is 89.1 cm³/mol. The van der Waals surface area contributed by atoms with Crippen LogP contribution in [0.3, 0.4) is 0 Å². The highest BCUT2D eigenvalue weighted by Gasteiger charge is 2.25. The monoisotopic (exact) mass is 349 g/mol. The lowest BCUT2D eigenvalue weighted by Crippen LogP contribution is -2.47. The van der Waals surface area contributed by atoms with Crippen LogP contribution in [0.4, 0.5) is 0 Å². The molecule has 0 aliphatic carbocycles. The number of aryl methyl sites for hydroxylation is 1. The van der Waals surface area contributed by atoms with Crippen LogP contribution in [-0.2, 0) is 11.3 Å². The smallest absolute Gasteiger partial charge is 0.307 e. The highest BCUT2D eigenvalue weighted by atomic mass is 32.1. The Hall–Kier alpha value is -2.35. The molecule has 2 aromatic rings. The largest absolute Gasteiger partial charge is 0.459 e. The fourth-order valence-corrected chi connectivity index (χ4v) is 3.53. The Labute approximate surface area is 142 Å². The molecule has 1 saturated heterocycles. The molecule has 3 heterocycles. The Morgan fingerprint density at radius 3 is 2.71 bits per heavy atom. The third-order valence-electron chi connectivity index (χ3n) is 4.16. The minimum absolute atomic E-state index is 0.0211. The molecule has 2 aromatic heterocycles. The van der Waals surface area contributed by atoms with E-state index in [4.69, 9.17) is 4.42 Å². The van der Waals surface area contributed by atoms with E-state index < -0.39 is 0 Å². The molecule has 0 spiro atoms. The molecular formula is C16H19N3O4S. The first-order valence-corrected chi connectivity index (χ1v) is 8.69. The van der Waals surface area contributed by atoms with Crippen molar-refractivity contribution >= 4 is 23.2 Å². The zero-order valence-electron chi connectivity index (χ0n) is 13.4. The summed E-state index contributed by atoms with van der Waals surface area (Å²) in [5.41, 5.74) is 0.791. The van der Waals surface area contributed by atoms with Gasteiger partial charge in [-0.25, -0.2) is 0 Å². The van der Waals surface area contributed by atoms with Gasteiger partial charge < -0.3 is 14.6 Å². The lowest BCUT2D eigenvalue weighted by molar-refractivity contribution is -0.122. The molecule has 1 N–H and O–H groups in total. The summed E-state index contributed by atoms with van der Waals surface area (Å²) >= 11 is 1.10. The van der Waals surface area contributed by atoms with E-state index in [-0.39, 0.29) is 29.3 Å². The van der Waals surface area contributed by atoms with E-state index in [1.807, 2.05) is 6.92 Å². The Balaban J connectivity index is 1.49. The Morgan fingerprint density at radius 1 is 1.38 bits per heavy atom. The number of carbonyl (C=O) groups is 2. The van der Waals surface area contributed by atoms with Crippen LogP contribution in [-0.4, -0.2) is 40.4 Å². The van der Waals surface area contributed by atoms with Crippen LogP contribution in [0, 0.1) is 6.92 Å². The van der Waals surface area contributed by atoms with Crippen LogP contribution in [0.1, 0.15) is 29.1 Å². The van der Waals surface area contributed by atoms with Gasteiger partial charge in [0.1, 0.15) is 6.54 Å². The number of rotatable bonds is 4. The van der Waals surface area contributed by atoms with E-state index in [1.54, 1.807) is 22.4 Å². The van der Waals surface area contributed by atoms with Crippen molar-refractivity contribution in [2.75, 3.05) is 13.1 Å². The quantitative estimate of drug-likeness (QED) is 0.900. The molecule has 8 heteroatoms. The van der Waals surface area contributed by atoms with Crippen molar-refractivity contribution in [2.45, 2.75) is 32.4 Å². The molecule has 2 amide bonds. The summed E-state index contributed by atoms with van der Waals surface area (Å²) in [7, 11) is 0. The predicted octanol–water partition coefficient (Wildman–Crippen LogP) is 1.23. The second-order valence-electron chi connectivity index (χ2n) is 5.84. The molecule has 0 bridgehead atoms. The van der Waals surface area contributed by atoms with Gasteiger partial charge in [-0.05, 0) is 31.9 Å². The molecule has 0 radical (unpaired) electrons. The van der Waals surface area contributed by atoms with Crippen molar-refractivity contribution in [1.29, 1.82) is 0 Å². The molecule has 128 valence electrons. The first-order chi connectivity index (χ1) is 11.5. The van der Waals surface area contributed by atoms with Crippen LogP contribution in [0.5, 0.6) is 0 Å². The number of amides is 2. The van der Waals surface area contributed by atoms with E-state index in [2.05, 4.69) is 5.32 Å². The molecule has 0 saturated carbocycles. The van der Waals surface area contributed by atoms with Crippen LogP contribution in [0.15, 0.2) is 33.0 Å².